The molecule has 8 nitrogen and oxygen atoms in total. The highest BCUT2D eigenvalue weighted by atomic mass is 35.5. The fourth-order valence-electron chi connectivity index (χ4n) is 5.17. The van der Waals surface area contributed by atoms with Gasteiger partial charge in [0.15, 0.2) is 0 Å². The average Bonchev–Trinajstić information content (AvgIpc) is 2.86. The smallest absolute Gasteiger partial charge is 0.349 e. The number of primary amides is 1. The number of nitrogens with zero attached hydrogens (tertiary/aromatic N) is 3. The lowest BCUT2D eigenvalue weighted by Crippen LogP contribution is -2.56. The van der Waals surface area contributed by atoms with Gasteiger partial charge in [0.1, 0.15) is 0 Å². The third-order valence-corrected chi connectivity index (χ3v) is 9.11. The fraction of sp³-hybridized carbons (Fsp3) is 0.640. The van der Waals surface area contributed by atoms with E-state index in [2.05, 4.69) is 4.90 Å². The van der Waals surface area contributed by atoms with E-state index in [0.29, 0.717) is 43.5 Å². The second kappa shape index (κ2) is 13.0. The molecule has 10 heteroatoms. The van der Waals surface area contributed by atoms with Gasteiger partial charge in [-0.05, 0) is 36.5 Å². The van der Waals surface area contributed by atoms with E-state index in [1.165, 1.54) is 23.6 Å². The van der Waals surface area contributed by atoms with Crippen LogP contribution in [0.5, 0.6) is 0 Å². The quantitative estimate of drug-likeness (QED) is 0.504. The standard InChI is InChI=1S/C25H38ClN4O4S/c1-2-30(35(33,34)25(27)32)19-23(18-21-6-4-3-5-7-21)28-14-16-29(17-15-28)24(31)13-10-20-8-11-22(26)12-9-20/h8-9,11-13,21,23H,2-7,10,14-19H2,1H3,(H2,27,32). The molecule has 1 aliphatic heterocycles. The van der Waals surface area contributed by atoms with Crippen molar-refractivity contribution in [3.05, 3.63) is 41.3 Å². The van der Waals surface area contributed by atoms with Crippen molar-refractivity contribution < 1.29 is 18.0 Å². The first-order valence-electron chi connectivity index (χ1n) is 12.6. The van der Waals surface area contributed by atoms with E-state index in [9.17, 15) is 18.0 Å². The van der Waals surface area contributed by atoms with Crippen LogP contribution in [-0.2, 0) is 21.2 Å². The highest BCUT2D eigenvalue weighted by Gasteiger charge is 2.34. The van der Waals surface area contributed by atoms with Crippen LogP contribution in [0.3, 0.4) is 0 Å². The Morgan fingerprint density at radius 1 is 1.11 bits per heavy atom. The first kappa shape index (κ1) is 27.9. The van der Waals surface area contributed by atoms with Crippen LogP contribution < -0.4 is 5.73 Å². The van der Waals surface area contributed by atoms with Gasteiger partial charge in [0.05, 0.1) is 6.42 Å². The van der Waals surface area contributed by atoms with E-state index in [0.717, 1.165) is 24.8 Å². The SMILES string of the molecule is CCN(CC(CC1CCCCC1)N1CCN(C(=O)[CH]Cc2ccc(Cl)cc2)CC1)S(=O)(=O)C(N)=O. The van der Waals surface area contributed by atoms with Crippen LogP contribution >= 0.6 is 11.6 Å². The third kappa shape index (κ3) is 7.90. The molecule has 2 amide bonds. The Hall–Kier alpha value is -1.68. The van der Waals surface area contributed by atoms with E-state index in [4.69, 9.17) is 17.3 Å². The number of piperazine rings is 1. The second-order valence-corrected chi connectivity index (χ2v) is 11.9. The second-order valence-electron chi connectivity index (χ2n) is 9.56. The van der Waals surface area contributed by atoms with Gasteiger partial charge in [-0.1, -0.05) is 62.8 Å². The molecule has 2 N–H and O–H groups in total. The zero-order valence-electron chi connectivity index (χ0n) is 20.6. The van der Waals surface area contributed by atoms with Crippen LogP contribution in [0.4, 0.5) is 4.79 Å². The number of sulfonamides is 1. The average molecular weight is 526 g/mol. The molecule has 0 bridgehead atoms. The number of hydrogen-bond donors (Lipinski definition) is 1. The third-order valence-electron chi connectivity index (χ3n) is 7.26. The summed E-state index contributed by atoms with van der Waals surface area (Å²) >= 11 is 5.93. The molecule has 2 aliphatic rings. The molecule has 1 aromatic carbocycles. The summed E-state index contributed by atoms with van der Waals surface area (Å²) in [6, 6.07) is 7.46. The number of carbonyl (C=O) groups is 2. The Balaban J connectivity index is 1.60. The van der Waals surface area contributed by atoms with Gasteiger partial charge in [0.25, 0.3) is 10.0 Å². The maximum Gasteiger partial charge on any atom is 0.349 e. The van der Waals surface area contributed by atoms with Crippen molar-refractivity contribution >= 4 is 32.8 Å². The number of nitrogens with two attached hydrogens (primary N) is 1. The van der Waals surface area contributed by atoms with Gasteiger partial charge in [-0.2, -0.15) is 4.31 Å². The maximum atomic E-state index is 12.7. The molecule has 1 saturated carbocycles. The van der Waals surface area contributed by atoms with Gasteiger partial charge in [0, 0.05) is 50.3 Å². The normalized spacial score (nSPS) is 19.1. The van der Waals surface area contributed by atoms with Crippen LogP contribution in [0, 0.1) is 12.3 Å². The Morgan fingerprint density at radius 2 is 1.74 bits per heavy atom. The summed E-state index contributed by atoms with van der Waals surface area (Å²) in [7, 11) is -4.16. The summed E-state index contributed by atoms with van der Waals surface area (Å²) in [6.45, 7) is 4.69. The Labute approximate surface area is 214 Å². The molecular weight excluding hydrogens is 488 g/mol. The number of amides is 2. The summed E-state index contributed by atoms with van der Waals surface area (Å²) in [6.07, 6.45) is 9.13. The molecule has 1 heterocycles. The molecule has 2 fully saturated rings. The first-order valence-corrected chi connectivity index (χ1v) is 14.4. The van der Waals surface area contributed by atoms with E-state index in [-0.39, 0.29) is 25.0 Å². The van der Waals surface area contributed by atoms with Crippen molar-refractivity contribution in [2.24, 2.45) is 11.7 Å². The van der Waals surface area contributed by atoms with Crippen LogP contribution in [0.1, 0.15) is 51.0 Å². The molecule has 195 valence electrons. The Morgan fingerprint density at radius 3 is 2.31 bits per heavy atom. The van der Waals surface area contributed by atoms with Crippen molar-refractivity contribution in [1.82, 2.24) is 14.1 Å². The molecule has 35 heavy (non-hydrogen) atoms. The zero-order valence-corrected chi connectivity index (χ0v) is 22.1. The topological polar surface area (TPSA) is 104 Å². The lowest BCUT2D eigenvalue weighted by molar-refractivity contribution is -0.129. The minimum Gasteiger partial charge on any atom is -0.355 e. The van der Waals surface area contributed by atoms with Crippen molar-refractivity contribution in [2.75, 3.05) is 39.3 Å². The summed E-state index contributed by atoms with van der Waals surface area (Å²) in [4.78, 5) is 28.5. The zero-order chi connectivity index (χ0) is 25.4. The van der Waals surface area contributed by atoms with E-state index < -0.39 is 15.3 Å². The van der Waals surface area contributed by atoms with Crippen molar-refractivity contribution in [3.63, 3.8) is 0 Å². The van der Waals surface area contributed by atoms with Crippen LogP contribution in [0.2, 0.25) is 5.02 Å². The van der Waals surface area contributed by atoms with E-state index in [1.54, 1.807) is 13.3 Å². The fourth-order valence-corrected chi connectivity index (χ4v) is 6.26. The van der Waals surface area contributed by atoms with Crippen LogP contribution in [-0.4, -0.2) is 79.0 Å². The highest BCUT2D eigenvalue weighted by Crippen LogP contribution is 2.29. The predicted octanol–water partition coefficient (Wildman–Crippen LogP) is 3.30. The number of hydrogen-bond acceptors (Lipinski definition) is 5. The summed E-state index contributed by atoms with van der Waals surface area (Å²) in [5, 5.41) is -0.633. The molecule has 0 spiro atoms. The molecule has 1 atom stereocenters. The van der Waals surface area contributed by atoms with Crippen molar-refractivity contribution in [2.45, 2.75) is 57.9 Å². The van der Waals surface area contributed by atoms with Gasteiger partial charge < -0.3 is 10.6 Å². The summed E-state index contributed by atoms with van der Waals surface area (Å²) < 4.78 is 26.2. The number of benzene rings is 1. The molecular formula is C25H38ClN4O4S. The summed E-state index contributed by atoms with van der Waals surface area (Å²) in [5.74, 6) is 0.561. The van der Waals surface area contributed by atoms with Gasteiger partial charge >= 0.3 is 5.24 Å². The lowest BCUT2D eigenvalue weighted by Gasteiger charge is -2.42. The Kier molecular flexibility index (Phi) is 10.4. The first-order chi connectivity index (χ1) is 16.7. The lowest BCUT2D eigenvalue weighted by atomic mass is 9.84. The largest absolute Gasteiger partial charge is 0.355 e. The van der Waals surface area contributed by atoms with Gasteiger partial charge in [-0.15, -0.1) is 0 Å². The molecule has 1 unspecified atom stereocenters. The predicted molar refractivity (Wildman–Crippen MR) is 138 cm³/mol. The van der Waals surface area contributed by atoms with Crippen molar-refractivity contribution in [1.29, 1.82) is 0 Å². The van der Waals surface area contributed by atoms with Gasteiger partial charge in [-0.3, -0.25) is 14.5 Å². The molecule has 3 rings (SSSR count). The molecule has 0 aromatic heterocycles. The number of halogens is 1. The monoisotopic (exact) mass is 525 g/mol. The molecule has 1 aliphatic carbocycles. The van der Waals surface area contributed by atoms with Crippen LogP contribution in [0.15, 0.2) is 24.3 Å². The van der Waals surface area contributed by atoms with Crippen LogP contribution in [0.25, 0.3) is 0 Å². The number of carbonyl (C=O) groups excluding carboxylic acids is 2. The molecule has 1 aromatic rings. The van der Waals surface area contributed by atoms with Gasteiger partial charge in [-0.25, -0.2) is 8.42 Å². The minimum atomic E-state index is -4.16. The van der Waals surface area contributed by atoms with E-state index in [1.807, 2.05) is 29.2 Å². The molecule has 1 radical (unpaired) electrons. The Bertz CT molecular complexity index is 943. The van der Waals surface area contributed by atoms with Crippen molar-refractivity contribution in [3.8, 4) is 0 Å². The molecule has 1 saturated heterocycles. The van der Waals surface area contributed by atoms with E-state index >= 15 is 0 Å². The minimum absolute atomic E-state index is 0.00919. The number of likely N-dealkylation sites (N-methyl/N-ethyl adjacent to an activating group) is 1. The van der Waals surface area contributed by atoms with Gasteiger partial charge in [0.2, 0.25) is 5.91 Å². The summed E-state index contributed by atoms with van der Waals surface area (Å²) in [5.41, 5.74) is 6.21. The maximum absolute atomic E-state index is 12.7. The number of rotatable bonds is 10. The highest BCUT2D eigenvalue weighted by molar-refractivity contribution is 8.03.